The number of benzene rings is 2. The zero-order chi connectivity index (χ0) is 19.8. The lowest BCUT2D eigenvalue weighted by atomic mass is 9.91. The molecule has 2 aromatic rings. The Morgan fingerprint density at radius 3 is 2.43 bits per heavy atom. The number of hydrogen-bond donors (Lipinski definition) is 1. The SMILES string of the molecule is CC[C@H](CN1CCOCC1)NC(=O)[C@@H](Cc1ccc(F)cc1)c1ccccc1. The van der Waals surface area contributed by atoms with Gasteiger partial charge in [0, 0.05) is 25.7 Å². The van der Waals surface area contributed by atoms with Crippen molar-refractivity contribution in [3.8, 4) is 0 Å². The largest absolute Gasteiger partial charge is 0.379 e. The first-order valence-corrected chi connectivity index (χ1v) is 10.1. The van der Waals surface area contributed by atoms with E-state index in [1.165, 1.54) is 12.1 Å². The van der Waals surface area contributed by atoms with Crippen LogP contribution in [0, 0.1) is 5.82 Å². The standard InChI is InChI=1S/C23H29FN2O2/c1-2-21(17-26-12-14-28-15-13-26)25-23(27)22(19-6-4-3-5-7-19)16-18-8-10-20(24)11-9-18/h3-11,21-22H,2,12-17H2,1H3,(H,25,27)/t21-,22+/m1/s1. The molecule has 0 aliphatic carbocycles. The third kappa shape index (κ3) is 5.88. The Morgan fingerprint density at radius 2 is 1.79 bits per heavy atom. The normalized spacial score (nSPS) is 17.1. The molecule has 5 heteroatoms. The molecule has 150 valence electrons. The average Bonchev–Trinajstić information content (AvgIpc) is 2.74. The van der Waals surface area contributed by atoms with Gasteiger partial charge in [-0.3, -0.25) is 9.69 Å². The van der Waals surface area contributed by atoms with Crippen molar-refractivity contribution in [2.24, 2.45) is 0 Å². The first kappa shape index (κ1) is 20.5. The second kappa shape index (κ2) is 10.3. The van der Waals surface area contributed by atoms with E-state index in [0.29, 0.717) is 6.42 Å². The van der Waals surface area contributed by atoms with Gasteiger partial charge in [0.1, 0.15) is 5.82 Å². The maximum absolute atomic E-state index is 13.3. The van der Waals surface area contributed by atoms with Gasteiger partial charge in [0.05, 0.1) is 19.1 Å². The summed E-state index contributed by atoms with van der Waals surface area (Å²) in [5.41, 5.74) is 1.93. The van der Waals surface area contributed by atoms with Gasteiger partial charge in [-0.25, -0.2) is 4.39 Å². The fraction of sp³-hybridized carbons (Fsp3) is 0.435. The van der Waals surface area contributed by atoms with E-state index in [-0.39, 0.29) is 23.7 Å². The highest BCUT2D eigenvalue weighted by Gasteiger charge is 2.24. The Kier molecular flexibility index (Phi) is 7.57. The molecule has 4 nitrogen and oxygen atoms in total. The summed E-state index contributed by atoms with van der Waals surface area (Å²) in [5.74, 6) is -0.540. The van der Waals surface area contributed by atoms with E-state index >= 15 is 0 Å². The van der Waals surface area contributed by atoms with E-state index < -0.39 is 0 Å². The predicted molar refractivity (Wildman–Crippen MR) is 109 cm³/mol. The molecule has 1 N–H and O–H groups in total. The third-order valence-electron chi connectivity index (χ3n) is 5.29. The highest BCUT2D eigenvalue weighted by Crippen LogP contribution is 2.22. The molecule has 1 aliphatic rings. The number of rotatable bonds is 8. The molecule has 2 atom stereocenters. The molecule has 1 saturated heterocycles. The summed E-state index contributed by atoms with van der Waals surface area (Å²) < 4.78 is 18.7. The minimum absolute atomic E-state index is 0.0237. The molecule has 0 bridgehead atoms. The summed E-state index contributed by atoms with van der Waals surface area (Å²) in [7, 11) is 0. The van der Waals surface area contributed by atoms with Crippen molar-refractivity contribution < 1.29 is 13.9 Å². The van der Waals surface area contributed by atoms with E-state index in [4.69, 9.17) is 4.74 Å². The quantitative estimate of drug-likeness (QED) is 0.759. The lowest BCUT2D eigenvalue weighted by molar-refractivity contribution is -0.123. The van der Waals surface area contributed by atoms with Gasteiger partial charge in [0.25, 0.3) is 0 Å². The summed E-state index contributed by atoms with van der Waals surface area (Å²) in [6, 6.07) is 16.3. The van der Waals surface area contributed by atoms with Crippen LogP contribution in [0.2, 0.25) is 0 Å². The first-order chi connectivity index (χ1) is 13.7. The molecule has 0 radical (unpaired) electrons. The van der Waals surface area contributed by atoms with Crippen molar-refractivity contribution in [1.29, 1.82) is 0 Å². The third-order valence-corrected chi connectivity index (χ3v) is 5.29. The molecule has 1 fully saturated rings. The van der Waals surface area contributed by atoms with Crippen molar-refractivity contribution in [3.05, 3.63) is 71.5 Å². The lowest BCUT2D eigenvalue weighted by Gasteiger charge is -2.31. The molecule has 1 heterocycles. The van der Waals surface area contributed by atoms with Gasteiger partial charge in [-0.15, -0.1) is 0 Å². The molecule has 1 aliphatic heterocycles. The number of carbonyl (C=O) groups is 1. The zero-order valence-electron chi connectivity index (χ0n) is 16.4. The maximum atomic E-state index is 13.3. The summed E-state index contributed by atoms with van der Waals surface area (Å²) in [6.07, 6.45) is 1.42. The van der Waals surface area contributed by atoms with Crippen LogP contribution in [0.25, 0.3) is 0 Å². The van der Waals surface area contributed by atoms with Gasteiger partial charge in [0.2, 0.25) is 5.91 Å². The van der Waals surface area contributed by atoms with E-state index in [1.807, 2.05) is 30.3 Å². The molecular weight excluding hydrogens is 355 g/mol. The smallest absolute Gasteiger partial charge is 0.228 e. The topological polar surface area (TPSA) is 41.6 Å². The highest BCUT2D eigenvalue weighted by atomic mass is 19.1. The summed E-state index contributed by atoms with van der Waals surface area (Å²) >= 11 is 0. The number of hydrogen-bond acceptors (Lipinski definition) is 3. The van der Waals surface area contributed by atoms with Gasteiger partial charge >= 0.3 is 0 Å². The number of nitrogens with zero attached hydrogens (tertiary/aromatic N) is 1. The summed E-state index contributed by atoms with van der Waals surface area (Å²) in [5, 5.41) is 3.25. The van der Waals surface area contributed by atoms with Crippen molar-refractivity contribution in [1.82, 2.24) is 10.2 Å². The van der Waals surface area contributed by atoms with Crippen LogP contribution in [0.3, 0.4) is 0 Å². The number of ether oxygens (including phenoxy) is 1. The molecule has 0 unspecified atom stereocenters. The van der Waals surface area contributed by atoms with E-state index in [0.717, 1.165) is 50.4 Å². The van der Waals surface area contributed by atoms with Gasteiger partial charge in [0.15, 0.2) is 0 Å². The Hall–Kier alpha value is -2.24. The molecule has 0 saturated carbocycles. The second-order valence-corrected chi connectivity index (χ2v) is 7.32. The average molecular weight is 384 g/mol. The summed E-state index contributed by atoms with van der Waals surface area (Å²) in [4.78, 5) is 15.5. The van der Waals surface area contributed by atoms with Crippen LogP contribution in [0.15, 0.2) is 54.6 Å². The molecule has 1 amide bonds. The minimum Gasteiger partial charge on any atom is -0.379 e. The first-order valence-electron chi connectivity index (χ1n) is 10.1. The van der Waals surface area contributed by atoms with Crippen molar-refractivity contribution >= 4 is 5.91 Å². The van der Waals surface area contributed by atoms with Crippen molar-refractivity contribution in [2.45, 2.75) is 31.7 Å². The second-order valence-electron chi connectivity index (χ2n) is 7.32. The van der Waals surface area contributed by atoms with E-state index in [2.05, 4.69) is 17.1 Å². The predicted octanol–water partition coefficient (Wildman–Crippen LogP) is 3.38. The molecule has 28 heavy (non-hydrogen) atoms. The molecule has 2 aromatic carbocycles. The van der Waals surface area contributed by atoms with Crippen LogP contribution in [0.1, 0.15) is 30.4 Å². The maximum Gasteiger partial charge on any atom is 0.228 e. The number of morpholine rings is 1. The fourth-order valence-corrected chi connectivity index (χ4v) is 3.58. The number of carbonyl (C=O) groups excluding carboxylic acids is 1. The Morgan fingerprint density at radius 1 is 1.11 bits per heavy atom. The molecular formula is C23H29FN2O2. The van der Waals surface area contributed by atoms with Gasteiger partial charge < -0.3 is 10.1 Å². The number of amides is 1. The van der Waals surface area contributed by atoms with Crippen LogP contribution < -0.4 is 5.32 Å². The van der Waals surface area contributed by atoms with Crippen molar-refractivity contribution in [3.63, 3.8) is 0 Å². The van der Waals surface area contributed by atoms with Crippen LogP contribution in [0.4, 0.5) is 4.39 Å². The minimum atomic E-state index is -0.301. The molecule has 0 aromatic heterocycles. The Balaban J connectivity index is 1.70. The van der Waals surface area contributed by atoms with Gasteiger partial charge in [-0.1, -0.05) is 49.4 Å². The van der Waals surface area contributed by atoms with E-state index in [9.17, 15) is 9.18 Å². The van der Waals surface area contributed by atoms with E-state index in [1.54, 1.807) is 12.1 Å². The van der Waals surface area contributed by atoms with Crippen LogP contribution >= 0.6 is 0 Å². The summed E-state index contributed by atoms with van der Waals surface area (Å²) in [6.45, 7) is 6.25. The van der Waals surface area contributed by atoms with Gasteiger partial charge in [-0.05, 0) is 36.1 Å². The molecule has 0 spiro atoms. The van der Waals surface area contributed by atoms with Gasteiger partial charge in [-0.2, -0.15) is 0 Å². The van der Waals surface area contributed by atoms with Crippen LogP contribution in [-0.2, 0) is 16.0 Å². The van der Waals surface area contributed by atoms with Crippen LogP contribution in [-0.4, -0.2) is 49.7 Å². The number of nitrogens with one attached hydrogen (secondary N) is 1. The highest BCUT2D eigenvalue weighted by molar-refractivity contribution is 5.84. The Labute approximate surface area is 166 Å². The Bertz CT molecular complexity index is 730. The molecule has 3 rings (SSSR count). The van der Waals surface area contributed by atoms with Crippen LogP contribution in [0.5, 0.6) is 0 Å². The van der Waals surface area contributed by atoms with Crippen molar-refractivity contribution in [2.75, 3.05) is 32.8 Å². The number of halogens is 1. The monoisotopic (exact) mass is 384 g/mol. The lowest BCUT2D eigenvalue weighted by Crippen LogP contribution is -2.48. The fourth-order valence-electron chi connectivity index (χ4n) is 3.58. The zero-order valence-corrected chi connectivity index (χ0v) is 16.4.